The van der Waals surface area contributed by atoms with Gasteiger partial charge in [0.1, 0.15) is 11.8 Å². The van der Waals surface area contributed by atoms with Crippen molar-refractivity contribution in [2.75, 3.05) is 0 Å². The van der Waals surface area contributed by atoms with Crippen LogP contribution in [0, 0.1) is 11.3 Å². The van der Waals surface area contributed by atoms with Crippen molar-refractivity contribution < 1.29 is 4.74 Å². The fourth-order valence-corrected chi connectivity index (χ4v) is 2.29. The lowest BCUT2D eigenvalue weighted by Gasteiger charge is -2.09. The minimum atomic E-state index is 0.0146. The van der Waals surface area contributed by atoms with Gasteiger partial charge in [0, 0.05) is 18.3 Å². The van der Waals surface area contributed by atoms with Crippen LogP contribution in [0.25, 0.3) is 11.1 Å². The molecule has 1 atom stereocenters. The third kappa shape index (κ3) is 3.57. The van der Waals surface area contributed by atoms with Crippen molar-refractivity contribution in [1.82, 2.24) is 9.97 Å². The first-order valence-electron chi connectivity index (χ1n) is 7.52. The molecule has 1 aromatic heterocycles. The Morgan fingerprint density at radius 1 is 1.08 bits per heavy atom. The molecule has 1 heterocycles. The minimum absolute atomic E-state index is 0.0146. The van der Waals surface area contributed by atoms with E-state index in [0.717, 1.165) is 16.7 Å². The van der Waals surface area contributed by atoms with Crippen LogP contribution < -0.4 is 10.5 Å². The molecule has 2 N–H and O–H groups in total. The van der Waals surface area contributed by atoms with E-state index in [0.29, 0.717) is 11.6 Å². The van der Waals surface area contributed by atoms with Gasteiger partial charge >= 0.3 is 0 Å². The molecule has 3 rings (SSSR count). The Hall–Kier alpha value is -3.23. The smallest absolute Gasteiger partial charge is 0.235 e. The monoisotopic (exact) mass is 316 g/mol. The van der Waals surface area contributed by atoms with Crippen molar-refractivity contribution in [2.45, 2.75) is 13.0 Å². The zero-order chi connectivity index (χ0) is 16.9. The summed E-state index contributed by atoms with van der Waals surface area (Å²) >= 11 is 0. The van der Waals surface area contributed by atoms with Gasteiger partial charge in [0.2, 0.25) is 11.7 Å². The van der Waals surface area contributed by atoms with E-state index in [-0.39, 0.29) is 11.9 Å². The van der Waals surface area contributed by atoms with E-state index in [1.54, 1.807) is 6.07 Å². The molecule has 0 radical (unpaired) electrons. The van der Waals surface area contributed by atoms with Gasteiger partial charge in [-0.1, -0.05) is 36.4 Å². The van der Waals surface area contributed by atoms with Crippen LogP contribution in [0.2, 0.25) is 0 Å². The predicted octanol–water partition coefficient (Wildman–Crippen LogP) is 3.83. The highest BCUT2D eigenvalue weighted by Gasteiger charge is 2.05. The van der Waals surface area contributed by atoms with E-state index < -0.39 is 0 Å². The SMILES string of the molecule is CC(N)c1ccc(-c2cccc(Oc3ccnc(C#N)n3)c2)cc1. The Labute approximate surface area is 140 Å². The van der Waals surface area contributed by atoms with Crippen LogP contribution in [0.4, 0.5) is 0 Å². The lowest BCUT2D eigenvalue weighted by Crippen LogP contribution is -2.04. The largest absolute Gasteiger partial charge is 0.439 e. The molecule has 0 aliphatic rings. The van der Waals surface area contributed by atoms with Crippen molar-refractivity contribution in [3.8, 4) is 28.8 Å². The zero-order valence-corrected chi connectivity index (χ0v) is 13.2. The quantitative estimate of drug-likeness (QED) is 0.790. The highest BCUT2D eigenvalue weighted by atomic mass is 16.5. The predicted molar refractivity (Wildman–Crippen MR) is 91.3 cm³/mol. The van der Waals surface area contributed by atoms with Crippen LogP contribution in [0.15, 0.2) is 60.8 Å². The van der Waals surface area contributed by atoms with Crippen LogP contribution >= 0.6 is 0 Å². The Morgan fingerprint density at radius 3 is 2.58 bits per heavy atom. The van der Waals surface area contributed by atoms with Crippen LogP contribution in [0.5, 0.6) is 11.6 Å². The number of benzene rings is 2. The maximum absolute atomic E-state index is 8.84. The van der Waals surface area contributed by atoms with Gasteiger partial charge in [-0.25, -0.2) is 4.98 Å². The van der Waals surface area contributed by atoms with Gasteiger partial charge in [-0.15, -0.1) is 0 Å². The van der Waals surface area contributed by atoms with E-state index in [2.05, 4.69) is 9.97 Å². The molecule has 5 heteroatoms. The van der Waals surface area contributed by atoms with Gasteiger partial charge in [0.25, 0.3) is 0 Å². The van der Waals surface area contributed by atoms with E-state index >= 15 is 0 Å². The first kappa shape index (κ1) is 15.7. The van der Waals surface area contributed by atoms with Gasteiger partial charge < -0.3 is 10.5 Å². The average Bonchev–Trinajstić information content (AvgIpc) is 2.62. The lowest BCUT2D eigenvalue weighted by molar-refractivity contribution is 0.461. The fourth-order valence-electron chi connectivity index (χ4n) is 2.29. The van der Waals surface area contributed by atoms with Crippen LogP contribution in [0.1, 0.15) is 24.4 Å². The molecular weight excluding hydrogens is 300 g/mol. The molecule has 0 aliphatic heterocycles. The molecule has 0 aliphatic carbocycles. The van der Waals surface area contributed by atoms with Crippen LogP contribution in [0.3, 0.4) is 0 Å². The third-order valence-electron chi connectivity index (χ3n) is 3.56. The molecule has 0 fully saturated rings. The summed E-state index contributed by atoms with van der Waals surface area (Å²) in [6.07, 6.45) is 1.50. The number of hydrogen-bond acceptors (Lipinski definition) is 5. The molecule has 2 aromatic carbocycles. The summed E-state index contributed by atoms with van der Waals surface area (Å²) in [5.74, 6) is 1.06. The van der Waals surface area contributed by atoms with Crippen molar-refractivity contribution >= 4 is 0 Å². The number of nitrogens with two attached hydrogens (primary N) is 1. The van der Waals surface area contributed by atoms with Gasteiger partial charge in [-0.05, 0) is 35.7 Å². The van der Waals surface area contributed by atoms with Crippen molar-refractivity contribution in [3.63, 3.8) is 0 Å². The summed E-state index contributed by atoms with van der Waals surface area (Å²) in [6, 6.07) is 19.3. The number of hydrogen-bond donors (Lipinski definition) is 1. The zero-order valence-electron chi connectivity index (χ0n) is 13.2. The molecule has 0 bridgehead atoms. The molecule has 5 nitrogen and oxygen atoms in total. The first-order chi connectivity index (χ1) is 11.7. The molecule has 0 spiro atoms. The first-order valence-corrected chi connectivity index (χ1v) is 7.52. The maximum Gasteiger partial charge on any atom is 0.235 e. The number of rotatable bonds is 4. The molecule has 118 valence electrons. The highest BCUT2D eigenvalue weighted by molar-refractivity contribution is 5.65. The fraction of sp³-hybridized carbons (Fsp3) is 0.105. The van der Waals surface area contributed by atoms with E-state index in [1.165, 1.54) is 6.20 Å². The van der Waals surface area contributed by atoms with Crippen LogP contribution in [-0.4, -0.2) is 9.97 Å². The van der Waals surface area contributed by atoms with Crippen molar-refractivity contribution in [1.29, 1.82) is 5.26 Å². The Morgan fingerprint density at radius 2 is 1.88 bits per heavy atom. The molecule has 24 heavy (non-hydrogen) atoms. The topological polar surface area (TPSA) is 84.8 Å². The van der Waals surface area contributed by atoms with E-state index in [9.17, 15) is 0 Å². The summed E-state index contributed by atoms with van der Waals surface area (Å²) in [5, 5.41) is 8.84. The van der Waals surface area contributed by atoms with E-state index in [4.69, 9.17) is 15.7 Å². The number of ether oxygens (including phenoxy) is 1. The van der Waals surface area contributed by atoms with Gasteiger partial charge in [-0.3, -0.25) is 0 Å². The molecule has 0 saturated carbocycles. The average molecular weight is 316 g/mol. The summed E-state index contributed by atoms with van der Waals surface area (Å²) < 4.78 is 5.72. The molecular formula is C19H16N4O. The van der Waals surface area contributed by atoms with Gasteiger partial charge in [0.05, 0.1) is 0 Å². The standard InChI is InChI=1S/C19H16N4O/c1-13(21)14-5-7-15(8-6-14)16-3-2-4-17(11-16)24-19-9-10-22-18(12-20)23-19/h2-11,13H,21H2,1H3. The summed E-state index contributed by atoms with van der Waals surface area (Å²) in [4.78, 5) is 7.84. The Balaban J connectivity index is 1.85. The summed E-state index contributed by atoms with van der Waals surface area (Å²) in [5.41, 5.74) is 9.08. The highest BCUT2D eigenvalue weighted by Crippen LogP contribution is 2.27. The lowest BCUT2D eigenvalue weighted by atomic mass is 10.0. The summed E-state index contributed by atoms with van der Waals surface area (Å²) in [6.45, 7) is 1.96. The molecule has 0 saturated heterocycles. The van der Waals surface area contributed by atoms with E-state index in [1.807, 2.05) is 61.5 Å². The second-order valence-corrected chi connectivity index (χ2v) is 5.37. The Kier molecular flexibility index (Phi) is 4.50. The van der Waals surface area contributed by atoms with Gasteiger partial charge in [-0.2, -0.15) is 10.2 Å². The number of aromatic nitrogens is 2. The molecule has 3 aromatic rings. The van der Waals surface area contributed by atoms with Crippen LogP contribution in [-0.2, 0) is 0 Å². The van der Waals surface area contributed by atoms with Crippen molar-refractivity contribution in [3.05, 3.63) is 72.2 Å². The third-order valence-corrected chi connectivity index (χ3v) is 3.56. The number of nitriles is 1. The second-order valence-electron chi connectivity index (χ2n) is 5.37. The Bertz CT molecular complexity index is 882. The van der Waals surface area contributed by atoms with Gasteiger partial charge in [0.15, 0.2) is 0 Å². The normalized spacial score (nSPS) is 11.5. The summed E-state index contributed by atoms with van der Waals surface area (Å²) in [7, 11) is 0. The number of nitrogens with zero attached hydrogens (tertiary/aromatic N) is 3. The molecule has 0 amide bonds. The second kappa shape index (κ2) is 6.90. The van der Waals surface area contributed by atoms with Crippen molar-refractivity contribution in [2.24, 2.45) is 5.73 Å². The maximum atomic E-state index is 8.84. The minimum Gasteiger partial charge on any atom is -0.439 e. The molecule has 1 unspecified atom stereocenters.